The van der Waals surface area contributed by atoms with Gasteiger partial charge in [0.25, 0.3) is 0 Å². The second-order valence-electron chi connectivity index (χ2n) is 2.78. The Morgan fingerprint density at radius 1 is 1.78 bits per heavy atom. The highest BCUT2D eigenvalue weighted by Crippen LogP contribution is 2.26. The van der Waals surface area contributed by atoms with Gasteiger partial charge in [-0.05, 0) is 10.4 Å². The van der Waals surface area contributed by atoms with E-state index in [0.29, 0.717) is 6.85 Å². The van der Waals surface area contributed by atoms with Crippen molar-refractivity contribution in [3.63, 3.8) is 0 Å². The standard InChI is InChI=1S/C5H10BN3/c1-5-2-3-6(4-5)8-9-7/h5H,2-4H2,1H3. The Hall–Kier alpha value is -0.625. The van der Waals surface area contributed by atoms with Gasteiger partial charge in [-0.25, -0.2) is 0 Å². The van der Waals surface area contributed by atoms with E-state index in [0.717, 1.165) is 18.6 Å². The highest BCUT2D eigenvalue weighted by atomic mass is 15.1. The van der Waals surface area contributed by atoms with Crippen molar-refractivity contribution in [3.8, 4) is 0 Å². The molecule has 0 aliphatic carbocycles. The fourth-order valence-corrected chi connectivity index (χ4v) is 1.35. The molecule has 1 fully saturated rings. The summed E-state index contributed by atoms with van der Waals surface area (Å²) >= 11 is 0. The van der Waals surface area contributed by atoms with E-state index in [-0.39, 0.29) is 0 Å². The van der Waals surface area contributed by atoms with Crippen molar-refractivity contribution in [2.24, 2.45) is 10.9 Å². The van der Waals surface area contributed by atoms with Crippen LogP contribution in [0.1, 0.15) is 13.3 Å². The van der Waals surface area contributed by atoms with Crippen molar-refractivity contribution in [2.75, 3.05) is 0 Å². The summed E-state index contributed by atoms with van der Waals surface area (Å²) < 4.78 is 0. The minimum absolute atomic E-state index is 0.296. The van der Waals surface area contributed by atoms with Gasteiger partial charge in [0.2, 0.25) is 6.85 Å². The lowest BCUT2D eigenvalue weighted by atomic mass is 9.62. The number of nitrogens with zero attached hydrogens (tertiary/aromatic N) is 3. The molecule has 9 heavy (non-hydrogen) atoms. The molecule has 0 saturated carbocycles. The smallest absolute Gasteiger partial charge is 0.148 e. The van der Waals surface area contributed by atoms with Gasteiger partial charge in [0, 0.05) is 0 Å². The van der Waals surface area contributed by atoms with Crippen LogP contribution < -0.4 is 0 Å². The number of azide groups is 1. The summed E-state index contributed by atoms with van der Waals surface area (Å²) in [5.74, 6) is 0.764. The Morgan fingerprint density at radius 3 is 3.00 bits per heavy atom. The Morgan fingerprint density at radius 2 is 2.56 bits per heavy atom. The predicted molar refractivity (Wildman–Crippen MR) is 38.3 cm³/mol. The summed E-state index contributed by atoms with van der Waals surface area (Å²) in [5.41, 5.74) is 8.07. The van der Waals surface area contributed by atoms with Crippen LogP contribution in [-0.4, -0.2) is 6.85 Å². The van der Waals surface area contributed by atoms with Crippen LogP contribution in [0.5, 0.6) is 0 Å². The average Bonchev–Trinajstić information content (AvgIpc) is 2.17. The van der Waals surface area contributed by atoms with Crippen LogP contribution in [0.3, 0.4) is 0 Å². The molecule has 0 radical (unpaired) electrons. The Kier molecular flexibility index (Phi) is 2.01. The van der Waals surface area contributed by atoms with Gasteiger partial charge in [-0.3, -0.25) is 0 Å². The van der Waals surface area contributed by atoms with Crippen LogP contribution in [0.2, 0.25) is 12.6 Å². The first-order valence-electron chi connectivity index (χ1n) is 3.37. The number of hydrogen-bond acceptors (Lipinski definition) is 1. The van der Waals surface area contributed by atoms with Crippen molar-refractivity contribution in [1.29, 1.82) is 0 Å². The lowest BCUT2D eigenvalue weighted by Crippen LogP contribution is -1.99. The topological polar surface area (TPSA) is 48.8 Å². The van der Waals surface area contributed by atoms with Gasteiger partial charge in [0.15, 0.2) is 0 Å². The average molecular weight is 123 g/mol. The minimum atomic E-state index is 0.296. The minimum Gasteiger partial charge on any atom is -0.148 e. The first-order valence-corrected chi connectivity index (χ1v) is 3.37. The lowest BCUT2D eigenvalue weighted by molar-refractivity contribution is 0.658. The van der Waals surface area contributed by atoms with Crippen LogP contribution in [0.4, 0.5) is 0 Å². The first-order chi connectivity index (χ1) is 4.33. The third kappa shape index (κ3) is 1.65. The van der Waals surface area contributed by atoms with E-state index in [9.17, 15) is 0 Å². The molecule has 1 unspecified atom stereocenters. The molecule has 1 aliphatic rings. The molecule has 0 spiro atoms. The Balaban J connectivity index is 2.38. The zero-order valence-corrected chi connectivity index (χ0v) is 5.62. The van der Waals surface area contributed by atoms with Crippen molar-refractivity contribution in [1.82, 2.24) is 0 Å². The van der Waals surface area contributed by atoms with E-state index in [1.807, 2.05) is 0 Å². The second-order valence-corrected chi connectivity index (χ2v) is 2.78. The van der Waals surface area contributed by atoms with Gasteiger partial charge < -0.3 is 0 Å². The quantitative estimate of drug-likeness (QED) is 0.222. The molecule has 0 N–H and O–H groups in total. The van der Waals surface area contributed by atoms with Gasteiger partial charge in [0.1, 0.15) is 0 Å². The normalized spacial score (nSPS) is 25.9. The maximum absolute atomic E-state index is 8.07. The summed E-state index contributed by atoms with van der Waals surface area (Å²) in [4.78, 5) is 2.78. The molecule has 0 aromatic rings. The monoisotopic (exact) mass is 123 g/mol. The first kappa shape index (κ1) is 6.49. The largest absolute Gasteiger partial charge is 0.243 e. The van der Waals surface area contributed by atoms with Crippen LogP contribution >= 0.6 is 0 Å². The second kappa shape index (κ2) is 2.78. The molecule has 0 aromatic heterocycles. The molecule has 4 heteroatoms. The molecule has 1 atom stereocenters. The molecule has 0 bridgehead atoms. The summed E-state index contributed by atoms with van der Waals surface area (Å²) in [7, 11) is 0. The summed E-state index contributed by atoms with van der Waals surface area (Å²) in [6, 6.07) is 0. The van der Waals surface area contributed by atoms with Gasteiger partial charge in [-0.1, -0.05) is 31.9 Å². The number of hydrogen-bond donors (Lipinski definition) is 0. The van der Waals surface area contributed by atoms with E-state index < -0.39 is 0 Å². The van der Waals surface area contributed by atoms with Gasteiger partial charge in [-0.15, -0.1) is 5.03 Å². The zero-order chi connectivity index (χ0) is 6.69. The third-order valence-corrected chi connectivity index (χ3v) is 1.88. The van der Waals surface area contributed by atoms with Crippen LogP contribution in [0, 0.1) is 5.92 Å². The van der Waals surface area contributed by atoms with Gasteiger partial charge in [0.05, 0.1) is 0 Å². The van der Waals surface area contributed by atoms with E-state index in [2.05, 4.69) is 16.9 Å². The fourth-order valence-electron chi connectivity index (χ4n) is 1.35. The summed E-state index contributed by atoms with van der Waals surface area (Å²) in [5, 5.41) is 3.65. The zero-order valence-electron chi connectivity index (χ0n) is 5.62. The molecule has 1 rings (SSSR count). The highest BCUT2D eigenvalue weighted by molar-refractivity contribution is 6.57. The summed E-state index contributed by atoms with van der Waals surface area (Å²) in [6.45, 7) is 2.50. The van der Waals surface area contributed by atoms with Gasteiger partial charge >= 0.3 is 0 Å². The van der Waals surface area contributed by atoms with Crippen LogP contribution in [0.25, 0.3) is 10.4 Å². The van der Waals surface area contributed by atoms with E-state index in [1.165, 1.54) is 6.42 Å². The molecule has 48 valence electrons. The molecule has 1 heterocycles. The van der Waals surface area contributed by atoms with E-state index in [4.69, 9.17) is 5.53 Å². The molecule has 0 aromatic carbocycles. The maximum atomic E-state index is 8.07. The van der Waals surface area contributed by atoms with Gasteiger partial charge in [-0.2, -0.15) is 0 Å². The fraction of sp³-hybridized carbons (Fsp3) is 1.00. The van der Waals surface area contributed by atoms with Crippen molar-refractivity contribution >= 4 is 6.85 Å². The van der Waals surface area contributed by atoms with Crippen LogP contribution in [-0.2, 0) is 0 Å². The lowest BCUT2D eigenvalue weighted by Gasteiger charge is -1.94. The Bertz CT molecular complexity index is 141. The van der Waals surface area contributed by atoms with E-state index in [1.54, 1.807) is 0 Å². The highest BCUT2D eigenvalue weighted by Gasteiger charge is 2.23. The van der Waals surface area contributed by atoms with Crippen molar-refractivity contribution in [2.45, 2.75) is 26.0 Å². The predicted octanol–water partition coefficient (Wildman–Crippen LogP) is 2.33. The molecule has 1 saturated heterocycles. The third-order valence-electron chi connectivity index (χ3n) is 1.88. The molecule has 1 aliphatic heterocycles. The van der Waals surface area contributed by atoms with Crippen LogP contribution in [0.15, 0.2) is 5.03 Å². The van der Waals surface area contributed by atoms with E-state index >= 15 is 0 Å². The molecular weight excluding hydrogens is 113 g/mol. The maximum Gasteiger partial charge on any atom is 0.243 e. The SMILES string of the molecule is CC1CCB(N=[N+]=[N-])C1. The molecular formula is C5H10BN3. The molecule has 0 amide bonds. The Labute approximate surface area is 55.2 Å². The molecule has 3 nitrogen and oxygen atoms in total. The van der Waals surface area contributed by atoms with Crippen molar-refractivity contribution in [3.05, 3.63) is 10.4 Å². The number of rotatable bonds is 1. The summed E-state index contributed by atoms with van der Waals surface area (Å²) in [6.07, 6.45) is 3.40. The van der Waals surface area contributed by atoms with Crippen molar-refractivity contribution < 1.29 is 0 Å².